The first-order chi connectivity index (χ1) is 5.20. The van der Waals surface area contributed by atoms with Gasteiger partial charge in [-0.05, 0) is 0 Å². The summed E-state index contributed by atoms with van der Waals surface area (Å²) < 4.78 is 9.84. The van der Waals surface area contributed by atoms with Gasteiger partial charge in [-0.3, -0.25) is 0 Å². The van der Waals surface area contributed by atoms with E-state index in [0.717, 1.165) is 0 Å². The van der Waals surface area contributed by atoms with Gasteiger partial charge in [0.2, 0.25) is 0 Å². The Morgan fingerprint density at radius 1 is 1.09 bits per heavy atom. The summed E-state index contributed by atoms with van der Waals surface area (Å²) >= 11 is 0. The van der Waals surface area contributed by atoms with Gasteiger partial charge in [0.05, 0.1) is 6.61 Å². The Bertz CT molecular complexity index is 161. The van der Waals surface area contributed by atoms with Crippen LogP contribution in [0.2, 0.25) is 0 Å². The predicted octanol–water partition coefficient (Wildman–Crippen LogP) is -2.18. The lowest BCUT2D eigenvalue weighted by atomic mass is 10.1. The molecule has 0 radical (unpaired) electrons. The van der Waals surface area contributed by atoms with Gasteiger partial charge in [0.1, 0.15) is 24.4 Å². The summed E-state index contributed by atoms with van der Waals surface area (Å²) in [4.78, 5) is 0. The van der Waals surface area contributed by atoms with Crippen molar-refractivity contribution in [3.05, 3.63) is 0 Å². The molecule has 2 bridgehead atoms. The molecule has 2 aliphatic heterocycles. The second-order valence-electron chi connectivity index (χ2n) is 2.85. The largest absolute Gasteiger partial charge is 0.388 e. The molecular formula is C6H10O5. The van der Waals surface area contributed by atoms with Crippen molar-refractivity contribution in [1.82, 2.24) is 0 Å². The summed E-state index contributed by atoms with van der Waals surface area (Å²) in [7, 11) is 0. The summed E-state index contributed by atoms with van der Waals surface area (Å²) in [5.41, 5.74) is 0. The van der Waals surface area contributed by atoms with E-state index in [1.807, 2.05) is 0 Å². The Labute approximate surface area is 63.2 Å². The minimum atomic E-state index is -1.03. The van der Waals surface area contributed by atoms with Crippen molar-refractivity contribution in [2.45, 2.75) is 30.7 Å². The molecule has 2 rings (SSSR count). The lowest BCUT2D eigenvalue weighted by Crippen LogP contribution is -2.41. The highest BCUT2D eigenvalue weighted by molar-refractivity contribution is 4.93. The van der Waals surface area contributed by atoms with Gasteiger partial charge in [0, 0.05) is 0 Å². The molecule has 0 spiro atoms. The minimum Gasteiger partial charge on any atom is -0.388 e. The molecule has 5 nitrogen and oxygen atoms in total. The lowest BCUT2D eigenvalue weighted by molar-refractivity contribution is -0.233. The fraction of sp³-hybridized carbons (Fsp3) is 1.00. The van der Waals surface area contributed by atoms with E-state index in [4.69, 9.17) is 14.6 Å². The van der Waals surface area contributed by atoms with E-state index in [0.29, 0.717) is 0 Å². The van der Waals surface area contributed by atoms with Crippen molar-refractivity contribution in [1.29, 1.82) is 0 Å². The number of fused-ring (bicyclic) bond motifs is 2. The third kappa shape index (κ3) is 0.969. The van der Waals surface area contributed by atoms with Crippen LogP contribution in [0.15, 0.2) is 0 Å². The first-order valence-electron chi connectivity index (χ1n) is 3.51. The van der Waals surface area contributed by atoms with E-state index < -0.39 is 30.7 Å². The molecule has 2 heterocycles. The molecule has 0 aromatic heterocycles. The Hall–Kier alpha value is -0.200. The number of aliphatic hydroxyl groups excluding tert-OH is 3. The second-order valence-corrected chi connectivity index (χ2v) is 2.85. The smallest absolute Gasteiger partial charge is 0.186 e. The van der Waals surface area contributed by atoms with E-state index in [1.165, 1.54) is 0 Å². The van der Waals surface area contributed by atoms with Crippen LogP contribution in [0.25, 0.3) is 0 Å². The van der Waals surface area contributed by atoms with Crippen molar-refractivity contribution < 1.29 is 24.8 Å². The Balaban J connectivity index is 2.16. The third-order valence-corrected chi connectivity index (χ3v) is 2.07. The third-order valence-electron chi connectivity index (χ3n) is 2.07. The maximum absolute atomic E-state index is 9.22. The normalized spacial score (nSPS) is 56.5. The summed E-state index contributed by atoms with van der Waals surface area (Å²) in [6.07, 6.45) is -4.35. The van der Waals surface area contributed by atoms with Gasteiger partial charge in [-0.25, -0.2) is 0 Å². The molecule has 0 amide bonds. The molecule has 3 N–H and O–H groups in total. The molecule has 0 saturated carbocycles. The zero-order valence-corrected chi connectivity index (χ0v) is 5.75. The SMILES string of the molecule is OC1C(O)[C@@H]2O[C@H]1OCC2O. The van der Waals surface area contributed by atoms with Gasteiger partial charge >= 0.3 is 0 Å². The monoisotopic (exact) mass is 162 g/mol. The highest BCUT2D eigenvalue weighted by Crippen LogP contribution is 2.28. The fourth-order valence-corrected chi connectivity index (χ4v) is 1.42. The van der Waals surface area contributed by atoms with Crippen LogP contribution in [0.1, 0.15) is 0 Å². The lowest BCUT2D eigenvalue weighted by Gasteiger charge is -2.25. The molecule has 2 aliphatic rings. The summed E-state index contributed by atoms with van der Waals surface area (Å²) in [5, 5.41) is 27.6. The molecule has 11 heavy (non-hydrogen) atoms. The van der Waals surface area contributed by atoms with Gasteiger partial charge in [-0.1, -0.05) is 0 Å². The summed E-state index contributed by atoms with van der Waals surface area (Å²) in [5.74, 6) is 0. The van der Waals surface area contributed by atoms with Crippen LogP contribution in [0, 0.1) is 0 Å². The molecule has 0 aromatic carbocycles. The van der Waals surface area contributed by atoms with Crippen LogP contribution >= 0.6 is 0 Å². The van der Waals surface area contributed by atoms with Gasteiger partial charge in [0.15, 0.2) is 6.29 Å². The Kier molecular flexibility index (Phi) is 1.62. The molecule has 5 heteroatoms. The average Bonchev–Trinajstić information content (AvgIpc) is 2.24. The summed E-state index contributed by atoms with van der Waals surface area (Å²) in [6.45, 7) is 0.115. The van der Waals surface area contributed by atoms with Crippen molar-refractivity contribution in [3.8, 4) is 0 Å². The standard InChI is InChI=1S/C6H10O5/c7-2-1-10-6-4(9)3(8)5(2)11-6/h2-9H,1H2/t2?,3?,4?,5-,6-/m1/s1. The topological polar surface area (TPSA) is 79.2 Å². The van der Waals surface area contributed by atoms with Gasteiger partial charge < -0.3 is 24.8 Å². The average molecular weight is 162 g/mol. The van der Waals surface area contributed by atoms with Gasteiger partial charge in [0.25, 0.3) is 0 Å². The van der Waals surface area contributed by atoms with Crippen molar-refractivity contribution in [3.63, 3.8) is 0 Å². The molecule has 5 atom stereocenters. The minimum absolute atomic E-state index is 0.115. The second kappa shape index (κ2) is 2.40. The number of aliphatic hydroxyl groups is 3. The zero-order valence-electron chi connectivity index (χ0n) is 5.75. The maximum Gasteiger partial charge on any atom is 0.186 e. The van der Waals surface area contributed by atoms with E-state index in [9.17, 15) is 10.2 Å². The molecule has 64 valence electrons. The number of ether oxygens (including phenoxy) is 2. The first kappa shape index (κ1) is 7.45. The highest BCUT2D eigenvalue weighted by Gasteiger charge is 2.50. The van der Waals surface area contributed by atoms with Crippen LogP contribution in [-0.4, -0.2) is 52.6 Å². The van der Waals surface area contributed by atoms with Crippen LogP contribution in [0.4, 0.5) is 0 Å². The van der Waals surface area contributed by atoms with Crippen LogP contribution in [-0.2, 0) is 9.47 Å². The van der Waals surface area contributed by atoms with Crippen molar-refractivity contribution in [2.24, 2.45) is 0 Å². The fourth-order valence-electron chi connectivity index (χ4n) is 1.42. The van der Waals surface area contributed by atoms with Crippen LogP contribution in [0.5, 0.6) is 0 Å². The molecule has 0 aromatic rings. The number of rotatable bonds is 0. The van der Waals surface area contributed by atoms with E-state index >= 15 is 0 Å². The van der Waals surface area contributed by atoms with E-state index in [2.05, 4.69) is 0 Å². The number of hydrogen-bond acceptors (Lipinski definition) is 5. The van der Waals surface area contributed by atoms with Crippen LogP contribution in [0.3, 0.4) is 0 Å². The van der Waals surface area contributed by atoms with Gasteiger partial charge in [-0.15, -0.1) is 0 Å². The quantitative estimate of drug-likeness (QED) is 0.377. The molecule has 2 fully saturated rings. The maximum atomic E-state index is 9.22. The molecule has 0 aliphatic carbocycles. The highest BCUT2D eigenvalue weighted by atomic mass is 16.7. The van der Waals surface area contributed by atoms with Crippen LogP contribution < -0.4 is 0 Å². The van der Waals surface area contributed by atoms with E-state index in [1.54, 1.807) is 0 Å². The zero-order chi connectivity index (χ0) is 8.01. The number of hydrogen-bond donors (Lipinski definition) is 3. The van der Waals surface area contributed by atoms with Crippen molar-refractivity contribution >= 4 is 0 Å². The van der Waals surface area contributed by atoms with Crippen molar-refractivity contribution in [2.75, 3.05) is 6.61 Å². The van der Waals surface area contributed by atoms with Gasteiger partial charge in [-0.2, -0.15) is 0 Å². The molecular weight excluding hydrogens is 152 g/mol. The molecule has 2 saturated heterocycles. The Morgan fingerprint density at radius 2 is 1.82 bits per heavy atom. The summed E-state index contributed by atoms with van der Waals surface area (Å²) in [6, 6.07) is 0. The Morgan fingerprint density at radius 3 is 2.45 bits per heavy atom. The van der Waals surface area contributed by atoms with E-state index in [-0.39, 0.29) is 6.61 Å². The predicted molar refractivity (Wildman–Crippen MR) is 32.6 cm³/mol. The molecule has 3 unspecified atom stereocenters. The first-order valence-corrected chi connectivity index (χ1v) is 3.51.